The summed E-state index contributed by atoms with van der Waals surface area (Å²) in [5.41, 5.74) is 2.23. The van der Waals surface area contributed by atoms with Crippen molar-refractivity contribution in [2.24, 2.45) is 4.99 Å². The van der Waals surface area contributed by atoms with E-state index in [0.29, 0.717) is 47.7 Å². The summed E-state index contributed by atoms with van der Waals surface area (Å²) >= 11 is 9.14. The molecule has 0 spiro atoms. The molecule has 1 aliphatic rings. The van der Waals surface area contributed by atoms with Crippen LogP contribution in [0.5, 0.6) is 11.5 Å². The second-order valence-corrected chi connectivity index (χ2v) is 13.7. The van der Waals surface area contributed by atoms with E-state index in [9.17, 15) is 14.0 Å². The van der Waals surface area contributed by atoms with Gasteiger partial charge in [-0.15, -0.1) is 0 Å². The minimum Gasteiger partial charge on any atom is -0.496 e. The first-order valence-corrected chi connectivity index (χ1v) is 16.8. The molecule has 0 bridgehead atoms. The number of fused-ring (bicyclic) bond motifs is 1. The van der Waals surface area contributed by atoms with Gasteiger partial charge in [0.25, 0.3) is 5.56 Å². The molecule has 222 valence electrons. The van der Waals surface area contributed by atoms with E-state index in [0.717, 1.165) is 7.14 Å². The zero-order chi connectivity index (χ0) is 30.8. The van der Waals surface area contributed by atoms with E-state index in [-0.39, 0.29) is 30.2 Å². The predicted molar refractivity (Wildman–Crippen MR) is 184 cm³/mol. The van der Waals surface area contributed by atoms with Gasteiger partial charge in [0.05, 0.1) is 43.6 Å². The number of nitrogens with zero attached hydrogens (tertiary/aromatic N) is 2. The van der Waals surface area contributed by atoms with E-state index >= 15 is 0 Å². The number of thiazole rings is 1. The van der Waals surface area contributed by atoms with E-state index in [1.54, 1.807) is 51.3 Å². The molecule has 0 amide bonds. The van der Waals surface area contributed by atoms with Gasteiger partial charge in [-0.25, -0.2) is 14.2 Å². The number of rotatable bonds is 8. The molecule has 43 heavy (non-hydrogen) atoms. The fourth-order valence-electron chi connectivity index (χ4n) is 4.71. The number of halogens is 4. The zero-order valence-corrected chi connectivity index (χ0v) is 29.8. The second-order valence-electron chi connectivity index (χ2n) is 9.38. The van der Waals surface area contributed by atoms with Crippen molar-refractivity contribution in [3.8, 4) is 11.5 Å². The van der Waals surface area contributed by atoms with Crippen LogP contribution in [-0.4, -0.2) is 24.3 Å². The molecule has 0 aliphatic carbocycles. The number of ether oxygens (including phenoxy) is 3. The van der Waals surface area contributed by atoms with Crippen molar-refractivity contribution in [1.82, 2.24) is 4.57 Å². The SMILES string of the molecule is CCOC(=O)C1=C(C)N=c2s/c(=C/c3cc(I)cc(I)c3OCc3ccccc3F)c(=O)n2[C@@H]1c1ccc(OC)c(Br)c1. The lowest BCUT2D eigenvalue weighted by Gasteiger charge is -2.25. The summed E-state index contributed by atoms with van der Waals surface area (Å²) in [5.74, 6) is 0.265. The number of aromatic nitrogens is 1. The van der Waals surface area contributed by atoms with Gasteiger partial charge in [0.15, 0.2) is 4.80 Å². The molecule has 0 N–H and O–H groups in total. The van der Waals surface area contributed by atoms with Crippen LogP contribution in [0.15, 0.2) is 80.1 Å². The first-order valence-electron chi connectivity index (χ1n) is 13.0. The van der Waals surface area contributed by atoms with Gasteiger partial charge in [-0.3, -0.25) is 9.36 Å². The molecule has 0 unspecified atom stereocenters. The van der Waals surface area contributed by atoms with Gasteiger partial charge in [-0.2, -0.15) is 0 Å². The highest BCUT2D eigenvalue weighted by Crippen LogP contribution is 2.35. The summed E-state index contributed by atoms with van der Waals surface area (Å²) in [5, 5.41) is 0. The van der Waals surface area contributed by atoms with Crippen LogP contribution in [0, 0.1) is 13.0 Å². The Balaban J connectivity index is 1.67. The number of allylic oxidation sites excluding steroid dienone is 1. The average molecular weight is 889 g/mol. The van der Waals surface area contributed by atoms with Crippen molar-refractivity contribution < 1.29 is 23.4 Å². The first kappa shape index (κ1) is 31.9. The third-order valence-electron chi connectivity index (χ3n) is 6.66. The molecule has 0 fully saturated rings. The Kier molecular flexibility index (Phi) is 10.1. The molecule has 12 heteroatoms. The zero-order valence-electron chi connectivity index (χ0n) is 23.1. The second kappa shape index (κ2) is 13.6. The molecule has 7 nitrogen and oxygen atoms in total. The number of carbonyl (C=O) groups excluding carboxylic acids is 1. The highest BCUT2D eigenvalue weighted by atomic mass is 127. The third kappa shape index (κ3) is 6.61. The number of benzene rings is 3. The molecule has 5 rings (SSSR count). The smallest absolute Gasteiger partial charge is 0.338 e. The lowest BCUT2D eigenvalue weighted by atomic mass is 9.96. The van der Waals surface area contributed by atoms with Crippen molar-refractivity contribution in [3.63, 3.8) is 0 Å². The summed E-state index contributed by atoms with van der Waals surface area (Å²) in [6, 6.07) is 15.0. The maximum atomic E-state index is 14.3. The molecule has 4 aromatic rings. The van der Waals surface area contributed by atoms with Crippen molar-refractivity contribution in [2.75, 3.05) is 13.7 Å². The van der Waals surface area contributed by atoms with Crippen LogP contribution >= 0.6 is 72.4 Å². The lowest BCUT2D eigenvalue weighted by Crippen LogP contribution is -2.40. The number of methoxy groups -OCH3 is 1. The number of hydrogen-bond acceptors (Lipinski definition) is 7. The van der Waals surface area contributed by atoms with Gasteiger partial charge in [-0.05, 0) is 117 Å². The van der Waals surface area contributed by atoms with Gasteiger partial charge in [0.1, 0.15) is 23.9 Å². The Morgan fingerprint density at radius 2 is 1.95 bits per heavy atom. The van der Waals surface area contributed by atoms with Crippen molar-refractivity contribution in [2.45, 2.75) is 26.5 Å². The average Bonchev–Trinajstić information content (AvgIpc) is 3.26. The predicted octanol–water partition coefficient (Wildman–Crippen LogP) is 6.50. The third-order valence-corrected chi connectivity index (χ3v) is 9.69. The Labute approximate surface area is 286 Å². The molecule has 0 saturated heterocycles. The van der Waals surface area contributed by atoms with Gasteiger partial charge in [-0.1, -0.05) is 35.6 Å². The van der Waals surface area contributed by atoms with Crippen molar-refractivity contribution in [1.29, 1.82) is 0 Å². The highest BCUT2D eigenvalue weighted by Gasteiger charge is 2.33. The summed E-state index contributed by atoms with van der Waals surface area (Å²) in [6.45, 7) is 3.68. The first-order chi connectivity index (χ1) is 20.6. The standard InChI is InChI=1S/C31H24BrFI2N2O5S/c1-4-41-30(39)26-16(2)36-31-37(27(26)17-9-10-24(40-3)21(32)12-17)29(38)25(43-31)13-19-11-20(34)14-23(35)28(19)42-15-18-7-5-6-8-22(18)33/h5-14,27H,4,15H2,1-3H3/b25-13+/t27-/m1/s1. The Morgan fingerprint density at radius 1 is 1.19 bits per heavy atom. The quantitative estimate of drug-likeness (QED) is 0.149. The van der Waals surface area contributed by atoms with Crippen LogP contribution in [0.1, 0.15) is 36.6 Å². The lowest BCUT2D eigenvalue weighted by molar-refractivity contribution is -0.139. The molecular weight excluding hydrogens is 865 g/mol. The van der Waals surface area contributed by atoms with Crippen LogP contribution in [-0.2, 0) is 16.1 Å². The molecular formula is C31H24BrFI2N2O5S. The number of carbonyl (C=O) groups is 1. The largest absolute Gasteiger partial charge is 0.496 e. The topological polar surface area (TPSA) is 79.1 Å². The summed E-state index contributed by atoms with van der Waals surface area (Å²) in [7, 11) is 1.57. The molecule has 1 atom stereocenters. The van der Waals surface area contributed by atoms with Crippen LogP contribution in [0.25, 0.3) is 6.08 Å². The van der Waals surface area contributed by atoms with Crippen LogP contribution < -0.4 is 24.4 Å². The van der Waals surface area contributed by atoms with Crippen LogP contribution in [0.4, 0.5) is 4.39 Å². The van der Waals surface area contributed by atoms with E-state index in [1.165, 1.54) is 22.0 Å². The van der Waals surface area contributed by atoms with Crippen molar-refractivity contribution in [3.05, 3.63) is 120 Å². The molecule has 3 aromatic carbocycles. The molecule has 2 heterocycles. The van der Waals surface area contributed by atoms with Gasteiger partial charge in [0.2, 0.25) is 0 Å². The summed E-state index contributed by atoms with van der Waals surface area (Å²) < 4.78 is 35.6. The molecule has 0 saturated carbocycles. The van der Waals surface area contributed by atoms with Gasteiger partial charge < -0.3 is 14.2 Å². The van der Waals surface area contributed by atoms with Crippen molar-refractivity contribution >= 4 is 84.5 Å². The van der Waals surface area contributed by atoms with E-state index < -0.39 is 12.0 Å². The number of hydrogen-bond donors (Lipinski definition) is 0. The monoisotopic (exact) mass is 888 g/mol. The fourth-order valence-corrected chi connectivity index (χ4v) is 8.35. The maximum absolute atomic E-state index is 14.3. The molecule has 0 radical (unpaired) electrons. The minimum atomic E-state index is -0.771. The minimum absolute atomic E-state index is 0.0276. The Hall–Kier alpha value is -2.56. The van der Waals surface area contributed by atoms with E-state index in [4.69, 9.17) is 14.2 Å². The Bertz CT molecular complexity index is 1960. The Morgan fingerprint density at radius 3 is 2.65 bits per heavy atom. The van der Waals surface area contributed by atoms with Crippen LogP contribution in [0.2, 0.25) is 0 Å². The molecule has 1 aromatic heterocycles. The van der Waals surface area contributed by atoms with Gasteiger partial charge >= 0.3 is 5.97 Å². The highest BCUT2D eigenvalue weighted by molar-refractivity contribution is 14.1. The van der Waals surface area contributed by atoms with E-state index in [2.05, 4.69) is 66.1 Å². The fraction of sp³-hybridized carbons (Fsp3) is 0.194. The normalized spacial score (nSPS) is 14.8. The van der Waals surface area contributed by atoms with Gasteiger partial charge in [0, 0.05) is 14.7 Å². The molecule has 1 aliphatic heterocycles. The summed E-state index contributed by atoms with van der Waals surface area (Å²) in [4.78, 5) is 32.4. The summed E-state index contributed by atoms with van der Waals surface area (Å²) in [6.07, 6.45) is 1.76. The van der Waals surface area contributed by atoms with Crippen LogP contribution in [0.3, 0.4) is 0 Å². The van der Waals surface area contributed by atoms with E-state index in [1.807, 2.05) is 24.3 Å². The number of esters is 1. The maximum Gasteiger partial charge on any atom is 0.338 e.